The number of para-hydroxylation sites is 1. The number of pyridine rings is 1. The molecule has 0 saturated carbocycles. The van der Waals surface area contributed by atoms with Gasteiger partial charge in [-0.1, -0.05) is 23.7 Å². The van der Waals surface area contributed by atoms with Crippen LogP contribution in [0.4, 0.5) is 14.6 Å². The summed E-state index contributed by atoms with van der Waals surface area (Å²) in [6, 6.07) is 10.2. The Kier molecular flexibility index (Phi) is 4.71. The van der Waals surface area contributed by atoms with Crippen LogP contribution in [0.2, 0.25) is 5.02 Å². The van der Waals surface area contributed by atoms with Gasteiger partial charge in [-0.05, 0) is 37.3 Å². The molecule has 0 aliphatic rings. The average molecular weight is 437 g/mol. The van der Waals surface area contributed by atoms with E-state index in [1.54, 1.807) is 12.1 Å². The lowest BCUT2D eigenvalue weighted by Gasteiger charge is -2.20. The molecule has 0 saturated heterocycles. The number of aromatic amines is 1. The van der Waals surface area contributed by atoms with Gasteiger partial charge in [0.15, 0.2) is 11.5 Å². The fraction of sp³-hybridized carbons (Fsp3) is 0.0909. The Bertz CT molecular complexity index is 1430. The van der Waals surface area contributed by atoms with E-state index in [9.17, 15) is 8.78 Å². The van der Waals surface area contributed by atoms with Gasteiger partial charge in [0.05, 0.1) is 23.1 Å². The normalized spacial score (nSPS) is 12.4. The highest BCUT2D eigenvalue weighted by Crippen LogP contribution is 2.36. The third-order valence-electron chi connectivity index (χ3n) is 5.05. The molecule has 0 fully saturated rings. The minimum Gasteiger partial charge on any atom is -0.362 e. The summed E-state index contributed by atoms with van der Waals surface area (Å²) < 4.78 is 28.5. The number of aromatic nitrogens is 5. The van der Waals surface area contributed by atoms with Gasteiger partial charge in [0.2, 0.25) is 0 Å². The van der Waals surface area contributed by atoms with Gasteiger partial charge in [-0.25, -0.2) is 28.7 Å². The molecule has 9 heteroatoms. The average Bonchev–Trinajstić information content (AvgIpc) is 3.25. The predicted molar refractivity (Wildman–Crippen MR) is 116 cm³/mol. The van der Waals surface area contributed by atoms with Crippen molar-refractivity contribution in [2.45, 2.75) is 13.0 Å². The lowest BCUT2D eigenvalue weighted by molar-refractivity contribution is 0.628. The van der Waals surface area contributed by atoms with E-state index >= 15 is 0 Å². The highest BCUT2D eigenvalue weighted by atomic mass is 35.5. The van der Waals surface area contributed by atoms with Crippen molar-refractivity contribution >= 4 is 39.5 Å². The summed E-state index contributed by atoms with van der Waals surface area (Å²) in [7, 11) is 0. The second-order valence-electron chi connectivity index (χ2n) is 7.05. The Morgan fingerprint density at radius 2 is 1.94 bits per heavy atom. The topological polar surface area (TPSA) is 79.4 Å². The quantitative estimate of drug-likeness (QED) is 0.379. The van der Waals surface area contributed by atoms with Crippen molar-refractivity contribution in [3.05, 3.63) is 77.3 Å². The number of benzene rings is 2. The number of anilines is 1. The van der Waals surface area contributed by atoms with Crippen molar-refractivity contribution < 1.29 is 8.78 Å². The van der Waals surface area contributed by atoms with Crippen LogP contribution < -0.4 is 5.32 Å². The number of fused-ring (bicyclic) bond motifs is 2. The van der Waals surface area contributed by atoms with Gasteiger partial charge >= 0.3 is 0 Å². The second-order valence-corrected chi connectivity index (χ2v) is 7.46. The number of hydrogen-bond donors (Lipinski definition) is 2. The first-order valence-corrected chi connectivity index (χ1v) is 9.84. The molecule has 0 bridgehead atoms. The van der Waals surface area contributed by atoms with Gasteiger partial charge < -0.3 is 10.3 Å². The van der Waals surface area contributed by atoms with E-state index in [2.05, 4.69) is 30.2 Å². The standard InChI is InChI=1S/C22H15ClF2N6/c1-11(30-22-20-21(27-9-26-20)28-10-29-22)14-7-12-3-2-4-17(25)18(12)31-19(14)15-8-13(24)5-6-16(15)23/h2-11H,1H3,(H2,26,27,28,29,30)/t11-/m0/s1. The van der Waals surface area contributed by atoms with Gasteiger partial charge in [0.25, 0.3) is 0 Å². The fourth-order valence-electron chi connectivity index (χ4n) is 3.56. The molecule has 5 rings (SSSR count). The molecule has 3 aromatic heterocycles. The van der Waals surface area contributed by atoms with Gasteiger partial charge in [-0.15, -0.1) is 0 Å². The number of nitrogens with zero attached hydrogens (tertiary/aromatic N) is 4. The Morgan fingerprint density at radius 1 is 1.06 bits per heavy atom. The Labute approximate surface area is 180 Å². The Hall–Kier alpha value is -3.65. The predicted octanol–water partition coefficient (Wildman–Crippen LogP) is 5.67. The first-order chi connectivity index (χ1) is 15.0. The van der Waals surface area contributed by atoms with Crippen LogP contribution in [0, 0.1) is 11.6 Å². The highest BCUT2D eigenvalue weighted by molar-refractivity contribution is 6.33. The van der Waals surface area contributed by atoms with Crippen LogP contribution in [0.5, 0.6) is 0 Å². The van der Waals surface area contributed by atoms with Gasteiger partial charge in [0, 0.05) is 16.5 Å². The Balaban J connectivity index is 1.69. The maximum Gasteiger partial charge on any atom is 0.182 e. The van der Waals surface area contributed by atoms with Crippen molar-refractivity contribution in [3.8, 4) is 11.3 Å². The molecule has 6 nitrogen and oxygen atoms in total. The number of nitrogens with one attached hydrogen (secondary N) is 2. The molecule has 0 amide bonds. The molecule has 0 radical (unpaired) electrons. The molecular weight excluding hydrogens is 422 g/mol. The number of hydrogen-bond acceptors (Lipinski definition) is 5. The number of rotatable bonds is 4. The summed E-state index contributed by atoms with van der Waals surface area (Å²) in [4.78, 5) is 20.1. The van der Waals surface area contributed by atoms with E-state index in [1.165, 1.54) is 36.9 Å². The SMILES string of the molecule is C[C@H](Nc1ncnc2nc[nH]c12)c1cc2cccc(F)c2nc1-c1cc(F)ccc1Cl. The lowest BCUT2D eigenvalue weighted by atomic mass is 9.98. The van der Waals surface area contributed by atoms with Crippen molar-refractivity contribution in [1.82, 2.24) is 24.9 Å². The lowest BCUT2D eigenvalue weighted by Crippen LogP contribution is -2.11. The molecule has 0 unspecified atom stereocenters. The maximum absolute atomic E-state index is 14.5. The molecule has 2 N–H and O–H groups in total. The molecule has 5 aromatic rings. The van der Waals surface area contributed by atoms with Crippen molar-refractivity contribution in [2.75, 3.05) is 5.32 Å². The zero-order chi connectivity index (χ0) is 21.5. The first-order valence-electron chi connectivity index (χ1n) is 9.46. The number of imidazole rings is 1. The minimum absolute atomic E-state index is 0.187. The van der Waals surface area contributed by atoms with Crippen LogP contribution in [0.25, 0.3) is 33.3 Å². The summed E-state index contributed by atoms with van der Waals surface area (Å²) >= 11 is 6.37. The van der Waals surface area contributed by atoms with Crippen molar-refractivity contribution in [3.63, 3.8) is 0 Å². The van der Waals surface area contributed by atoms with Crippen LogP contribution in [-0.4, -0.2) is 24.9 Å². The molecule has 0 aliphatic carbocycles. The second kappa shape index (κ2) is 7.55. The molecular formula is C22H15ClF2N6. The summed E-state index contributed by atoms with van der Waals surface area (Å²) in [5.41, 5.74) is 2.83. The fourth-order valence-corrected chi connectivity index (χ4v) is 3.77. The number of halogens is 3. The third kappa shape index (κ3) is 3.44. The summed E-state index contributed by atoms with van der Waals surface area (Å²) in [5.74, 6) is -0.379. The van der Waals surface area contributed by atoms with E-state index in [0.717, 1.165) is 0 Å². The van der Waals surface area contributed by atoms with Crippen molar-refractivity contribution in [2.24, 2.45) is 0 Å². The molecule has 0 aliphatic heterocycles. The third-order valence-corrected chi connectivity index (χ3v) is 5.38. The highest BCUT2D eigenvalue weighted by Gasteiger charge is 2.20. The van der Waals surface area contributed by atoms with E-state index < -0.39 is 11.6 Å². The van der Waals surface area contributed by atoms with Crippen molar-refractivity contribution in [1.29, 1.82) is 0 Å². The largest absolute Gasteiger partial charge is 0.362 e. The molecule has 0 spiro atoms. The molecule has 1 atom stereocenters. The van der Waals surface area contributed by atoms with E-state index in [-0.39, 0.29) is 11.6 Å². The van der Waals surface area contributed by atoms with Crippen LogP contribution in [0.3, 0.4) is 0 Å². The van der Waals surface area contributed by atoms with Crippen LogP contribution in [-0.2, 0) is 0 Å². The van der Waals surface area contributed by atoms with Gasteiger partial charge in [-0.3, -0.25) is 0 Å². The van der Waals surface area contributed by atoms with Crippen LogP contribution >= 0.6 is 11.6 Å². The van der Waals surface area contributed by atoms with Gasteiger partial charge in [-0.2, -0.15) is 0 Å². The van der Waals surface area contributed by atoms with E-state index in [1.807, 2.05) is 13.0 Å². The summed E-state index contributed by atoms with van der Waals surface area (Å²) in [6.07, 6.45) is 2.95. The Morgan fingerprint density at radius 3 is 2.81 bits per heavy atom. The van der Waals surface area contributed by atoms with Gasteiger partial charge in [0.1, 0.15) is 29.0 Å². The monoisotopic (exact) mass is 436 g/mol. The maximum atomic E-state index is 14.5. The molecule has 3 heterocycles. The zero-order valence-electron chi connectivity index (χ0n) is 16.2. The molecule has 2 aromatic carbocycles. The van der Waals surface area contributed by atoms with Crippen LogP contribution in [0.1, 0.15) is 18.5 Å². The summed E-state index contributed by atoms with van der Waals surface area (Å²) in [6.45, 7) is 1.91. The smallest absolute Gasteiger partial charge is 0.182 e. The van der Waals surface area contributed by atoms with Crippen LogP contribution in [0.15, 0.2) is 55.1 Å². The summed E-state index contributed by atoms with van der Waals surface area (Å²) in [5, 5.41) is 4.25. The molecule has 154 valence electrons. The molecule has 31 heavy (non-hydrogen) atoms. The van der Waals surface area contributed by atoms with E-state index in [4.69, 9.17) is 11.6 Å². The number of H-pyrrole nitrogens is 1. The first kappa shape index (κ1) is 19.3. The van der Waals surface area contributed by atoms with E-state index in [0.29, 0.717) is 44.2 Å². The minimum atomic E-state index is -0.464. The zero-order valence-corrected chi connectivity index (χ0v) is 17.0.